The summed E-state index contributed by atoms with van der Waals surface area (Å²) in [5, 5.41) is 24.9. The molecule has 2 N–H and O–H groups in total. The molecule has 0 bridgehead atoms. The highest BCUT2D eigenvalue weighted by atomic mass is 16.5. The summed E-state index contributed by atoms with van der Waals surface area (Å²) in [4.78, 5) is 0. The second-order valence-electron chi connectivity index (χ2n) is 12.1. The SMILES string of the molecule is COc1ccc(Nc2ccc(N=Nc3cccc[n+]3CCCCCC[n+]3ccccc3N=Nc3ccc(Nc4ccc(OC)cc4)cc3)cc2)cc1. The van der Waals surface area contributed by atoms with Gasteiger partial charge in [-0.2, -0.15) is 0 Å². The van der Waals surface area contributed by atoms with Crippen molar-refractivity contribution in [3.05, 3.63) is 146 Å². The van der Waals surface area contributed by atoms with Crippen LogP contribution in [0.4, 0.5) is 45.8 Å². The van der Waals surface area contributed by atoms with Gasteiger partial charge in [0.15, 0.2) is 0 Å². The standard InChI is InChI=1S/C42H42N8O2/c1-51-39-25-21-35(22-26-39)43-33-13-17-37(18-14-33)45-47-41-11-5-9-31-49(41)29-7-3-4-8-30-50-32-10-6-12-42(50)48-46-38-19-15-34(16-20-38)44-36-23-27-40(52-2)28-24-36/h5-6,9-28,31-32H,3-4,7-8,29-30H2,1-2H3/p+2. The van der Waals surface area contributed by atoms with E-state index in [1.165, 1.54) is 0 Å². The summed E-state index contributed by atoms with van der Waals surface area (Å²) in [7, 11) is 3.33. The molecule has 0 fully saturated rings. The highest BCUT2D eigenvalue weighted by molar-refractivity contribution is 5.63. The summed E-state index contributed by atoms with van der Waals surface area (Å²) in [6.07, 6.45) is 8.47. The van der Waals surface area contributed by atoms with Crippen LogP contribution in [0.1, 0.15) is 25.7 Å². The van der Waals surface area contributed by atoms with E-state index >= 15 is 0 Å². The van der Waals surface area contributed by atoms with Crippen LogP contribution in [0, 0.1) is 0 Å². The fraction of sp³-hybridized carbons (Fsp3) is 0.190. The molecule has 0 aliphatic rings. The summed E-state index contributed by atoms with van der Waals surface area (Å²) in [5.41, 5.74) is 5.53. The summed E-state index contributed by atoms with van der Waals surface area (Å²) in [5.74, 6) is 3.33. The van der Waals surface area contributed by atoms with Crippen LogP contribution in [-0.4, -0.2) is 14.2 Å². The zero-order valence-electron chi connectivity index (χ0n) is 29.6. The first-order valence-corrected chi connectivity index (χ1v) is 17.5. The van der Waals surface area contributed by atoms with Gasteiger partial charge in [0.25, 0.3) is 0 Å². The molecule has 0 atom stereocenters. The molecule has 52 heavy (non-hydrogen) atoms. The van der Waals surface area contributed by atoms with Crippen LogP contribution in [0.3, 0.4) is 0 Å². The van der Waals surface area contributed by atoms with Crippen LogP contribution in [0.25, 0.3) is 0 Å². The third kappa shape index (κ3) is 10.5. The number of aryl methyl sites for hydroxylation is 2. The topological polar surface area (TPSA) is 99.7 Å². The molecule has 0 radical (unpaired) electrons. The van der Waals surface area contributed by atoms with Crippen molar-refractivity contribution in [2.24, 2.45) is 20.5 Å². The summed E-state index contributed by atoms with van der Waals surface area (Å²) in [6.45, 7) is 1.76. The lowest BCUT2D eigenvalue weighted by Crippen LogP contribution is -2.34. The highest BCUT2D eigenvalue weighted by Gasteiger charge is 2.11. The molecule has 10 nitrogen and oxygen atoms in total. The number of anilines is 4. The van der Waals surface area contributed by atoms with Gasteiger partial charge < -0.3 is 20.1 Å². The maximum Gasteiger partial charge on any atom is 0.350 e. The van der Waals surface area contributed by atoms with Crippen molar-refractivity contribution in [3.8, 4) is 11.5 Å². The van der Waals surface area contributed by atoms with E-state index in [1.807, 2.05) is 133 Å². The van der Waals surface area contributed by atoms with Crippen molar-refractivity contribution in [2.75, 3.05) is 24.9 Å². The van der Waals surface area contributed by atoms with Gasteiger partial charge in [-0.15, -0.1) is 0 Å². The predicted molar refractivity (Wildman–Crippen MR) is 206 cm³/mol. The molecule has 10 heteroatoms. The Balaban J connectivity index is 0.938. The van der Waals surface area contributed by atoms with Crippen LogP contribution < -0.4 is 29.2 Å². The van der Waals surface area contributed by atoms with Crippen molar-refractivity contribution in [2.45, 2.75) is 38.8 Å². The Labute approximate surface area is 305 Å². The molecular weight excluding hydrogens is 649 g/mol. The molecule has 0 aliphatic carbocycles. The summed E-state index contributed by atoms with van der Waals surface area (Å²) in [6, 6.07) is 43.6. The minimum atomic E-state index is 0.795. The van der Waals surface area contributed by atoms with Gasteiger partial charge in [-0.05, 0) is 145 Å². The number of hydrogen-bond donors (Lipinski definition) is 2. The van der Waals surface area contributed by atoms with Gasteiger partial charge in [-0.1, -0.05) is 12.1 Å². The van der Waals surface area contributed by atoms with E-state index < -0.39 is 0 Å². The minimum Gasteiger partial charge on any atom is -0.497 e. The number of azo groups is 2. The van der Waals surface area contributed by atoms with Crippen molar-refractivity contribution in [3.63, 3.8) is 0 Å². The Hall–Kier alpha value is -6.42. The Morgan fingerprint density at radius 2 is 0.788 bits per heavy atom. The molecule has 0 aliphatic heterocycles. The number of rotatable bonds is 17. The third-order valence-corrected chi connectivity index (χ3v) is 8.41. The molecule has 0 unspecified atom stereocenters. The lowest BCUT2D eigenvalue weighted by molar-refractivity contribution is -0.686. The first-order valence-electron chi connectivity index (χ1n) is 17.5. The normalized spacial score (nSPS) is 11.2. The van der Waals surface area contributed by atoms with Crippen molar-refractivity contribution in [1.82, 2.24) is 0 Å². The van der Waals surface area contributed by atoms with E-state index in [2.05, 4.69) is 52.6 Å². The average Bonchev–Trinajstić information content (AvgIpc) is 3.20. The molecule has 2 aromatic heterocycles. The van der Waals surface area contributed by atoms with E-state index in [-0.39, 0.29) is 0 Å². The Morgan fingerprint density at radius 1 is 0.423 bits per heavy atom. The quantitative estimate of drug-likeness (QED) is 0.0564. The molecular formula is C42H44N8O2+2. The summed E-state index contributed by atoms with van der Waals surface area (Å²) >= 11 is 0. The van der Waals surface area contributed by atoms with Gasteiger partial charge in [0.05, 0.1) is 49.9 Å². The number of unbranched alkanes of at least 4 members (excludes halogenated alkanes) is 3. The lowest BCUT2D eigenvalue weighted by atomic mass is 10.2. The van der Waals surface area contributed by atoms with E-state index in [4.69, 9.17) is 9.47 Å². The molecule has 0 saturated carbocycles. The van der Waals surface area contributed by atoms with Gasteiger partial charge in [-0.3, -0.25) is 0 Å². The summed E-state index contributed by atoms with van der Waals surface area (Å²) < 4.78 is 14.8. The zero-order chi connectivity index (χ0) is 35.8. The fourth-order valence-electron chi connectivity index (χ4n) is 5.54. The smallest absolute Gasteiger partial charge is 0.350 e. The number of methoxy groups -OCH3 is 2. The molecule has 0 amide bonds. The lowest BCUT2D eigenvalue weighted by Gasteiger charge is -2.07. The highest BCUT2D eigenvalue weighted by Crippen LogP contribution is 2.25. The zero-order valence-corrected chi connectivity index (χ0v) is 29.6. The van der Waals surface area contributed by atoms with Gasteiger partial charge >= 0.3 is 11.6 Å². The maximum absolute atomic E-state index is 5.23. The molecule has 262 valence electrons. The van der Waals surface area contributed by atoms with Gasteiger partial charge in [-0.25, -0.2) is 9.13 Å². The van der Waals surface area contributed by atoms with Crippen LogP contribution >= 0.6 is 0 Å². The molecule has 4 aromatic carbocycles. The molecule has 6 aromatic rings. The number of nitrogens with one attached hydrogen (secondary N) is 2. The molecule has 6 rings (SSSR count). The van der Waals surface area contributed by atoms with E-state index in [9.17, 15) is 0 Å². The van der Waals surface area contributed by atoms with Gasteiger partial charge in [0.2, 0.25) is 0 Å². The first kappa shape index (κ1) is 35.4. The Bertz CT molecular complexity index is 1900. The van der Waals surface area contributed by atoms with Crippen LogP contribution in [0.2, 0.25) is 0 Å². The van der Waals surface area contributed by atoms with E-state index in [0.29, 0.717) is 0 Å². The minimum absolute atomic E-state index is 0.795. The Morgan fingerprint density at radius 3 is 1.15 bits per heavy atom. The monoisotopic (exact) mass is 692 g/mol. The van der Waals surface area contributed by atoms with Crippen LogP contribution in [0.15, 0.2) is 166 Å². The molecule has 2 heterocycles. The average molecular weight is 693 g/mol. The Kier molecular flexibility index (Phi) is 12.6. The number of pyridine rings is 2. The van der Waals surface area contributed by atoms with Crippen molar-refractivity contribution >= 4 is 45.8 Å². The number of benzene rings is 4. The van der Waals surface area contributed by atoms with Crippen molar-refractivity contribution < 1.29 is 18.6 Å². The van der Waals surface area contributed by atoms with Crippen LogP contribution in [0.5, 0.6) is 11.5 Å². The number of aromatic nitrogens is 2. The predicted octanol–water partition coefficient (Wildman–Crippen LogP) is 10.9. The number of nitrogens with zero attached hydrogens (tertiary/aromatic N) is 6. The molecule has 0 saturated heterocycles. The van der Waals surface area contributed by atoms with E-state index in [0.717, 1.165) is 96.0 Å². The second-order valence-corrected chi connectivity index (χ2v) is 12.1. The molecule has 0 spiro atoms. The van der Waals surface area contributed by atoms with Gasteiger partial charge in [0, 0.05) is 34.9 Å². The third-order valence-electron chi connectivity index (χ3n) is 8.41. The van der Waals surface area contributed by atoms with Crippen molar-refractivity contribution in [1.29, 1.82) is 0 Å². The fourth-order valence-corrected chi connectivity index (χ4v) is 5.54. The van der Waals surface area contributed by atoms with Gasteiger partial charge in [0.1, 0.15) is 22.9 Å². The largest absolute Gasteiger partial charge is 0.497 e. The first-order chi connectivity index (χ1) is 25.6. The number of ether oxygens (including phenoxy) is 2. The van der Waals surface area contributed by atoms with Crippen LogP contribution in [-0.2, 0) is 13.1 Å². The maximum atomic E-state index is 5.23. The van der Waals surface area contributed by atoms with E-state index in [1.54, 1.807) is 14.2 Å². The second kappa shape index (κ2) is 18.5. The number of hydrogen-bond acceptors (Lipinski definition) is 8.